The minimum atomic E-state index is -3.80. The van der Waals surface area contributed by atoms with Crippen molar-refractivity contribution in [2.75, 3.05) is 4.72 Å². The van der Waals surface area contributed by atoms with E-state index in [2.05, 4.69) is 18.6 Å². The van der Waals surface area contributed by atoms with E-state index in [0.717, 1.165) is 22.9 Å². The Bertz CT molecular complexity index is 1180. The van der Waals surface area contributed by atoms with Gasteiger partial charge in [-0.25, -0.2) is 8.42 Å². The minimum Gasteiger partial charge on any atom is -0.266 e. The number of hydrogen-bond acceptors (Lipinski definition) is 6. The smallest absolute Gasteiger partial charge is 0.265 e. The molecule has 2 aromatic carbocycles. The van der Waals surface area contributed by atoms with Gasteiger partial charge in [-0.05, 0) is 30.2 Å². The molecule has 0 aliphatic carbocycles. The molecule has 0 fully saturated rings. The first-order valence-electron chi connectivity index (χ1n) is 7.85. The monoisotopic (exact) mass is 385 g/mol. The molecule has 0 bridgehead atoms. The third kappa shape index (κ3) is 3.18. The van der Waals surface area contributed by atoms with E-state index in [1.54, 1.807) is 29.1 Å². The summed E-state index contributed by atoms with van der Waals surface area (Å²) in [5.74, 6) is 0.263. The zero-order valence-electron chi connectivity index (χ0n) is 13.8. The van der Waals surface area contributed by atoms with E-state index >= 15 is 0 Å². The van der Waals surface area contributed by atoms with Gasteiger partial charge in [0.1, 0.15) is 15.9 Å². The second kappa shape index (κ2) is 6.50. The second-order valence-corrected chi connectivity index (χ2v) is 8.00. The number of nitrogens with zero attached hydrogens (tertiary/aromatic N) is 4. The van der Waals surface area contributed by atoms with Gasteiger partial charge >= 0.3 is 0 Å². The van der Waals surface area contributed by atoms with Crippen molar-refractivity contribution in [3.05, 3.63) is 65.9 Å². The Hall–Kier alpha value is -2.78. The molecular weight excluding hydrogens is 370 g/mol. The van der Waals surface area contributed by atoms with Crippen molar-refractivity contribution in [2.45, 2.75) is 18.4 Å². The van der Waals surface area contributed by atoms with Gasteiger partial charge in [0.15, 0.2) is 5.82 Å². The molecule has 0 unspecified atom stereocenters. The highest BCUT2D eigenvalue weighted by molar-refractivity contribution is 7.93. The lowest BCUT2D eigenvalue weighted by Gasteiger charge is -2.07. The van der Waals surface area contributed by atoms with Crippen LogP contribution in [0.3, 0.4) is 0 Å². The van der Waals surface area contributed by atoms with Gasteiger partial charge in [-0.1, -0.05) is 30.3 Å². The summed E-state index contributed by atoms with van der Waals surface area (Å²) in [4.78, 5) is 0.0946. The molecule has 7 nitrogen and oxygen atoms in total. The number of sulfonamides is 1. The van der Waals surface area contributed by atoms with Gasteiger partial charge < -0.3 is 0 Å². The van der Waals surface area contributed by atoms with E-state index < -0.39 is 10.0 Å². The fourth-order valence-corrected chi connectivity index (χ4v) is 4.42. The highest BCUT2D eigenvalue weighted by atomic mass is 32.2. The van der Waals surface area contributed by atoms with Crippen molar-refractivity contribution >= 4 is 38.6 Å². The highest BCUT2D eigenvalue weighted by Crippen LogP contribution is 2.23. The van der Waals surface area contributed by atoms with Gasteiger partial charge in [0.25, 0.3) is 10.0 Å². The number of nitrogens with one attached hydrogen (secondary N) is 1. The van der Waals surface area contributed by atoms with Crippen LogP contribution in [0.5, 0.6) is 0 Å². The number of fused-ring (bicyclic) bond motifs is 1. The van der Waals surface area contributed by atoms with Gasteiger partial charge in [0.05, 0.1) is 18.3 Å². The third-order valence-electron chi connectivity index (χ3n) is 4.01. The van der Waals surface area contributed by atoms with Crippen molar-refractivity contribution in [1.29, 1.82) is 0 Å². The van der Waals surface area contributed by atoms with E-state index in [9.17, 15) is 8.42 Å². The van der Waals surface area contributed by atoms with E-state index in [0.29, 0.717) is 17.6 Å². The van der Waals surface area contributed by atoms with Crippen LogP contribution in [0.2, 0.25) is 0 Å². The molecule has 0 radical (unpaired) electrons. The summed E-state index contributed by atoms with van der Waals surface area (Å²) in [7, 11) is -3.80. The van der Waals surface area contributed by atoms with Crippen molar-refractivity contribution in [3.8, 4) is 0 Å². The number of benzene rings is 2. The molecule has 0 spiro atoms. The van der Waals surface area contributed by atoms with Crippen LogP contribution in [0.4, 0.5) is 5.82 Å². The van der Waals surface area contributed by atoms with Crippen LogP contribution in [0, 0.1) is 6.92 Å². The predicted molar refractivity (Wildman–Crippen MR) is 101 cm³/mol. The SMILES string of the molecule is Cc1ccccc1Cn1ccc(NS(=O)(=O)c2cccc3nsnc23)n1. The van der Waals surface area contributed by atoms with Gasteiger partial charge in [0.2, 0.25) is 0 Å². The second-order valence-electron chi connectivity index (χ2n) is 5.82. The molecular formula is C17H15N5O2S2. The third-order valence-corrected chi connectivity index (χ3v) is 5.94. The maximum atomic E-state index is 12.7. The molecule has 0 amide bonds. The van der Waals surface area contributed by atoms with Crippen LogP contribution in [0.1, 0.15) is 11.1 Å². The molecule has 132 valence electrons. The minimum absolute atomic E-state index is 0.0946. The van der Waals surface area contributed by atoms with E-state index in [1.165, 1.54) is 6.07 Å². The molecule has 0 saturated carbocycles. The standard InChI is InChI=1S/C17H15N5O2S2/c1-12-5-2-3-6-13(12)11-22-10-9-16(18-22)21-26(23,24)15-8-4-7-14-17(15)20-25-19-14/h2-10H,11H2,1H3,(H,18,21). The van der Waals surface area contributed by atoms with Crippen LogP contribution >= 0.6 is 11.7 Å². The molecule has 0 atom stereocenters. The molecule has 2 aromatic heterocycles. The summed E-state index contributed by atoms with van der Waals surface area (Å²) in [6, 6.07) is 14.5. The van der Waals surface area contributed by atoms with Crippen LogP contribution in [-0.4, -0.2) is 26.9 Å². The Labute approximate surface area is 154 Å². The maximum Gasteiger partial charge on any atom is 0.265 e. The van der Waals surface area contributed by atoms with Crippen LogP contribution in [0.15, 0.2) is 59.6 Å². The molecule has 4 rings (SSSR count). The predicted octanol–water partition coefficient (Wildman–Crippen LogP) is 3.05. The van der Waals surface area contributed by atoms with Gasteiger partial charge in [-0.3, -0.25) is 9.40 Å². The normalized spacial score (nSPS) is 11.7. The molecule has 1 N–H and O–H groups in total. The summed E-state index contributed by atoms with van der Waals surface area (Å²) >= 11 is 0.984. The first-order valence-corrected chi connectivity index (χ1v) is 10.1. The average Bonchev–Trinajstić information content (AvgIpc) is 3.25. The molecule has 4 aromatic rings. The molecule has 2 heterocycles. The number of aromatic nitrogens is 4. The lowest BCUT2D eigenvalue weighted by Crippen LogP contribution is -2.14. The van der Waals surface area contributed by atoms with E-state index in [1.807, 2.05) is 31.2 Å². The van der Waals surface area contributed by atoms with Gasteiger partial charge in [0, 0.05) is 12.3 Å². The Kier molecular flexibility index (Phi) is 4.17. The fourth-order valence-electron chi connectivity index (χ4n) is 2.66. The summed E-state index contributed by atoms with van der Waals surface area (Å²) < 4.78 is 37.8. The first-order chi connectivity index (χ1) is 12.5. The van der Waals surface area contributed by atoms with Gasteiger partial charge in [-0.15, -0.1) is 0 Å². The quantitative estimate of drug-likeness (QED) is 0.570. The summed E-state index contributed by atoms with van der Waals surface area (Å²) in [5, 5.41) is 4.32. The number of aryl methyl sites for hydroxylation is 1. The van der Waals surface area contributed by atoms with Crippen molar-refractivity contribution < 1.29 is 8.42 Å². The average molecular weight is 385 g/mol. The zero-order valence-corrected chi connectivity index (χ0v) is 15.5. The molecule has 0 aliphatic rings. The van der Waals surface area contributed by atoms with Crippen molar-refractivity contribution in [3.63, 3.8) is 0 Å². The van der Waals surface area contributed by atoms with E-state index in [4.69, 9.17) is 0 Å². The number of rotatable bonds is 5. The highest BCUT2D eigenvalue weighted by Gasteiger charge is 2.20. The molecule has 9 heteroatoms. The zero-order chi connectivity index (χ0) is 18.1. The Morgan fingerprint density at radius 1 is 1.08 bits per heavy atom. The Balaban J connectivity index is 1.59. The number of anilines is 1. The van der Waals surface area contributed by atoms with E-state index in [-0.39, 0.29) is 10.7 Å². The number of hydrogen-bond donors (Lipinski definition) is 1. The molecule has 0 aliphatic heterocycles. The topological polar surface area (TPSA) is 89.8 Å². The van der Waals surface area contributed by atoms with Gasteiger partial charge in [-0.2, -0.15) is 13.8 Å². The summed E-state index contributed by atoms with van der Waals surface area (Å²) in [6.45, 7) is 2.60. The van der Waals surface area contributed by atoms with Crippen LogP contribution in [-0.2, 0) is 16.6 Å². The lowest BCUT2D eigenvalue weighted by molar-refractivity contribution is 0.601. The van der Waals surface area contributed by atoms with Crippen molar-refractivity contribution in [2.24, 2.45) is 0 Å². The van der Waals surface area contributed by atoms with Crippen LogP contribution in [0.25, 0.3) is 11.0 Å². The fraction of sp³-hybridized carbons (Fsp3) is 0.118. The Morgan fingerprint density at radius 3 is 2.77 bits per heavy atom. The lowest BCUT2D eigenvalue weighted by atomic mass is 10.1. The molecule has 0 saturated heterocycles. The van der Waals surface area contributed by atoms with Crippen molar-refractivity contribution in [1.82, 2.24) is 18.5 Å². The molecule has 26 heavy (non-hydrogen) atoms. The Morgan fingerprint density at radius 2 is 1.92 bits per heavy atom. The largest absolute Gasteiger partial charge is 0.266 e. The summed E-state index contributed by atoms with van der Waals surface area (Å²) in [5.41, 5.74) is 3.21. The summed E-state index contributed by atoms with van der Waals surface area (Å²) in [6.07, 6.45) is 1.75. The van der Waals surface area contributed by atoms with Crippen LogP contribution < -0.4 is 4.72 Å². The maximum absolute atomic E-state index is 12.7. The first kappa shape index (κ1) is 16.7.